The summed E-state index contributed by atoms with van der Waals surface area (Å²) in [5.41, 5.74) is 0.921. The number of aromatic nitrogens is 1. The first-order chi connectivity index (χ1) is 10.0. The molecule has 1 aromatic heterocycles. The lowest BCUT2D eigenvalue weighted by atomic mass is 10.0. The summed E-state index contributed by atoms with van der Waals surface area (Å²) in [6, 6.07) is 4.74. The van der Waals surface area contributed by atoms with Gasteiger partial charge in [0.25, 0.3) is 0 Å². The van der Waals surface area contributed by atoms with Gasteiger partial charge in [0.15, 0.2) is 11.6 Å². The highest BCUT2D eigenvalue weighted by atomic mass is 19.1. The number of methoxy groups -OCH3 is 1. The molecule has 2 aromatic rings. The largest absolute Gasteiger partial charge is 0.494 e. The highest BCUT2D eigenvalue weighted by molar-refractivity contribution is 5.75. The van der Waals surface area contributed by atoms with Crippen LogP contribution in [0.5, 0.6) is 5.75 Å². The second kappa shape index (κ2) is 6.36. The van der Waals surface area contributed by atoms with E-state index in [9.17, 15) is 14.3 Å². The van der Waals surface area contributed by atoms with Crippen molar-refractivity contribution in [2.45, 2.75) is 12.6 Å². The van der Waals surface area contributed by atoms with Crippen LogP contribution in [0.1, 0.15) is 17.3 Å². The predicted molar refractivity (Wildman–Crippen MR) is 71.3 cm³/mol. The van der Waals surface area contributed by atoms with Crippen molar-refractivity contribution in [1.29, 1.82) is 0 Å². The van der Waals surface area contributed by atoms with Gasteiger partial charge in [-0.2, -0.15) is 0 Å². The molecular formula is C14H15FN2O4. The summed E-state index contributed by atoms with van der Waals surface area (Å²) in [4.78, 5) is 13.0. The molecule has 1 heterocycles. The van der Waals surface area contributed by atoms with Gasteiger partial charge in [0.05, 0.1) is 12.8 Å². The van der Waals surface area contributed by atoms with Gasteiger partial charge in [-0.05, 0) is 24.7 Å². The van der Waals surface area contributed by atoms with E-state index < -0.39 is 17.8 Å². The van der Waals surface area contributed by atoms with Crippen molar-refractivity contribution in [2.75, 3.05) is 14.2 Å². The van der Waals surface area contributed by atoms with Crippen LogP contribution in [0.4, 0.5) is 4.39 Å². The summed E-state index contributed by atoms with van der Waals surface area (Å²) < 4.78 is 23.3. The fourth-order valence-corrected chi connectivity index (χ4v) is 2.10. The van der Waals surface area contributed by atoms with Crippen LogP contribution in [-0.4, -0.2) is 35.3 Å². The molecule has 1 atom stereocenters. The Bertz CT molecular complexity index is 615. The molecule has 112 valence electrons. The highest BCUT2D eigenvalue weighted by Gasteiger charge is 2.26. The third-order valence-corrected chi connectivity index (χ3v) is 3.07. The van der Waals surface area contributed by atoms with Crippen LogP contribution < -0.4 is 4.74 Å². The molecule has 0 aliphatic carbocycles. The molecule has 1 unspecified atom stereocenters. The van der Waals surface area contributed by atoms with Crippen LogP contribution in [0.3, 0.4) is 0 Å². The first kappa shape index (κ1) is 15.0. The molecule has 21 heavy (non-hydrogen) atoms. The molecule has 0 aliphatic rings. The van der Waals surface area contributed by atoms with E-state index in [0.29, 0.717) is 11.3 Å². The quantitative estimate of drug-likeness (QED) is 0.879. The monoisotopic (exact) mass is 294 g/mol. The molecule has 0 saturated heterocycles. The smallest absolute Gasteiger partial charge is 0.325 e. The maximum absolute atomic E-state index is 13.8. The van der Waals surface area contributed by atoms with E-state index in [1.54, 1.807) is 18.0 Å². The number of aliphatic carboxylic acids is 1. The number of carboxylic acids is 1. The zero-order valence-electron chi connectivity index (χ0n) is 11.6. The number of rotatable bonds is 6. The van der Waals surface area contributed by atoms with Gasteiger partial charge in [-0.3, -0.25) is 9.69 Å². The fraction of sp³-hybridized carbons (Fsp3) is 0.286. The molecule has 0 amide bonds. The van der Waals surface area contributed by atoms with Gasteiger partial charge < -0.3 is 14.4 Å². The summed E-state index contributed by atoms with van der Waals surface area (Å²) in [5.74, 6) is -1.61. The zero-order valence-corrected chi connectivity index (χ0v) is 11.6. The number of hydrogen-bond donors (Lipinski definition) is 1. The molecule has 2 rings (SSSR count). The summed E-state index contributed by atoms with van der Waals surface area (Å²) >= 11 is 0. The van der Waals surface area contributed by atoms with E-state index in [-0.39, 0.29) is 12.3 Å². The number of hydrogen-bond acceptors (Lipinski definition) is 5. The number of carbonyl (C=O) groups is 1. The Labute approximate surface area is 120 Å². The predicted octanol–water partition coefficient (Wildman–Crippen LogP) is 2.08. The van der Waals surface area contributed by atoms with E-state index in [0.717, 1.165) is 6.07 Å². The van der Waals surface area contributed by atoms with Gasteiger partial charge in [0.2, 0.25) is 0 Å². The number of nitrogens with zero attached hydrogens (tertiary/aromatic N) is 2. The van der Waals surface area contributed by atoms with Gasteiger partial charge in [-0.25, -0.2) is 4.39 Å². The number of ether oxygens (including phenoxy) is 1. The molecule has 0 spiro atoms. The number of carboxylic acid groups (broad SMARTS) is 1. The second-order valence-corrected chi connectivity index (χ2v) is 4.54. The van der Waals surface area contributed by atoms with Crippen LogP contribution in [0.25, 0.3) is 0 Å². The van der Waals surface area contributed by atoms with Gasteiger partial charge in [-0.1, -0.05) is 11.2 Å². The maximum atomic E-state index is 13.8. The van der Waals surface area contributed by atoms with E-state index in [2.05, 4.69) is 5.16 Å². The van der Waals surface area contributed by atoms with Crippen molar-refractivity contribution in [3.05, 3.63) is 47.6 Å². The maximum Gasteiger partial charge on any atom is 0.325 e. The standard InChI is InChI=1S/C14H15FN2O4/c1-17(8-10-5-6-21-16-10)13(14(18)19)9-3-4-12(20-2)11(15)7-9/h3-7,13H,8H2,1-2H3,(H,18,19). The summed E-state index contributed by atoms with van der Waals surface area (Å²) in [5, 5.41) is 13.1. The molecule has 1 aromatic carbocycles. The highest BCUT2D eigenvalue weighted by Crippen LogP contribution is 2.26. The van der Waals surface area contributed by atoms with Crippen molar-refractivity contribution in [2.24, 2.45) is 0 Å². The fourth-order valence-electron chi connectivity index (χ4n) is 2.10. The van der Waals surface area contributed by atoms with Gasteiger partial charge in [0, 0.05) is 12.6 Å². The molecule has 0 aliphatic heterocycles. The molecule has 0 radical (unpaired) electrons. The van der Waals surface area contributed by atoms with E-state index >= 15 is 0 Å². The third kappa shape index (κ3) is 3.38. The Balaban J connectivity index is 2.26. The SMILES string of the molecule is COc1ccc(C(C(=O)O)N(C)Cc2ccon2)cc1F. The molecule has 6 nitrogen and oxygen atoms in total. The minimum absolute atomic E-state index is 0.0713. The Morgan fingerprint density at radius 2 is 2.29 bits per heavy atom. The number of likely N-dealkylation sites (N-methyl/N-ethyl adjacent to an activating group) is 1. The molecular weight excluding hydrogens is 279 g/mol. The Hall–Kier alpha value is -2.41. The van der Waals surface area contributed by atoms with Crippen molar-refractivity contribution < 1.29 is 23.6 Å². The van der Waals surface area contributed by atoms with Crippen LogP contribution in [-0.2, 0) is 11.3 Å². The Morgan fingerprint density at radius 3 is 2.81 bits per heavy atom. The number of halogens is 1. The van der Waals surface area contributed by atoms with Crippen LogP contribution >= 0.6 is 0 Å². The lowest BCUT2D eigenvalue weighted by Gasteiger charge is -2.24. The molecule has 0 fully saturated rings. The van der Waals surface area contributed by atoms with E-state index in [1.807, 2.05) is 0 Å². The van der Waals surface area contributed by atoms with E-state index in [1.165, 1.54) is 25.5 Å². The van der Waals surface area contributed by atoms with Gasteiger partial charge in [-0.15, -0.1) is 0 Å². The first-order valence-corrected chi connectivity index (χ1v) is 6.18. The zero-order chi connectivity index (χ0) is 15.4. The summed E-state index contributed by atoms with van der Waals surface area (Å²) in [6.45, 7) is 0.265. The Morgan fingerprint density at radius 1 is 1.52 bits per heavy atom. The van der Waals surface area contributed by atoms with Crippen molar-refractivity contribution in [3.8, 4) is 5.75 Å². The van der Waals surface area contributed by atoms with Crippen molar-refractivity contribution in [1.82, 2.24) is 10.1 Å². The lowest BCUT2D eigenvalue weighted by molar-refractivity contribution is -0.143. The normalized spacial score (nSPS) is 12.4. The second-order valence-electron chi connectivity index (χ2n) is 4.54. The molecule has 0 saturated carbocycles. The average Bonchev–Trinajstić information content (AvgIpc) is 2.91. The minimum atomic E-state index is -1.08. The third-order valence-electron chi connectivity index (χ3n) is 3.07. The summed E-state index contributed by atoms with van der Waals surface area (Å²) in [7, 11) is 2.97. The van der Waals surface area contributed by atoms with E-state index in [4.69, 9.17) is 9.26 Å². The topological polar surface area (TPSA) is 75.8 Å². The minimum Gasteiger partial charge on any atom is -0.494 e. The molecule has 0 bridgehead atoms. The lowest BCUT2D eigenvalue weighted by Crippen LogP contribution is -2.30. The first-order valence-electron chi connectivity index (χ1n) is 6.18. The number of benzene rings is 1. The molecule has 7 heteroatoms. The van der Waals surface area contributed by atoms with Crippen LogP contribution in [0.2, 0.25) is 0 Å². The molecule has 1 N–H and O–H groups in total. The van der Waals surface area contributed by atoms with Crippen LogP contribution in [0.15, 0.2) is 35.1 Å². The van der Waals surface area contributed by atoms with Gasteiger partial charge in [0.1, 0.15) is 12.3 Å². The average molecular weight is 294 g/mol. The summed E-state index contributed by atoms with van der Waals surface area (Å²) in [6.07, 6.45) is 1.41. The Kier molecular flexibility index (Phi) is 4.54. The van der Waals surface area contributed by atoms with Crippen LogP contribution in [0, 0.1) is 5.82 Å². The van der Waals surface area contributed by atoms with Gasteiger partial charge >= 0.3 is 5.97 Å². The van der Waals surface area contributed by atoms with Crippen molar-refractivity contribution >= 4 is 5.97 Å². The van der Waals surface area contributed by atoms with Crippen molar-refractivity contribution in [3.63, 3.8) is 0 Å².